The van der Waals surface area contributed by atoms with Crippen LogP contribution in [-0.2, 0) is 0 Å². The number of aromatic carboxylic acids is 1. The minimum absolute atomic E-state index is 0.00183. The lowest BCUT2D eigenvalue weighted by atomic mass is 10.0. The van der Waals surface area contributed by atoms with Gasteiger partial charge in [-0.1, -0.05) is 18.2 Å². The van der Waals surface area contributed by atoms with Crippen molar-refractivity contribution in [2.24, 2.45) is 0 Å². The van der Waals surface area contributed by atoms with Crippen LogP contribution in [0.25, 0.3) is 11.3 Å². The van der Waals surface area contributed by atoms with Gasteiger partial charge in [-0.25, -0.2) is 4.79 Å². The van der Waals surface area contributed by atoms with E-state index >= 15 is 0 Å². The summed E-state index contributed by atoms with van der Waals surface area (Å²) in [6.07, 6.45) is 0. The first-order valence-electron chi connectivity index (χ1n) is 6.20. The van der Waals surface area contributed by atoms with Gasteiger partial charge in [-0.05, 0) is 26.0 Å². The number of carbonyl (C=O) groups excluding carboxylic acids is 1. The number of pyridine rings is 1. The molecule has 0 amide bonds. The molecule has 21 heavy (non-hydrogen) atoms. The summed E-state index contributed by atoms with van der Waals surface area (Å²) >= 11 is 0. The van der Waals surface area contributed by atoms with Gasteiger partial charge in [-0.2, -0.15) is 5.26 Å². The van der Waals surface area contributed by atoms with Crippen LogP contribution in [0.2, 0.25) is 0 Å². The van der Waals surface area contributed by atoms with Gasteiger partial charge in [-0.3, -0.25) is 9.78 Å². The molecule has 1 aromatic carbocycles. The fraction of sp³-hybridized carbons (Fsp3) is 0.125. The number of rotatable bonds is 3. The van der Waals surface area contributed by atoms with Gasteiger partial charge in [0, 0.05) is 11.1 Å². The lowest BCUT2D eigenvalue weighted by Gasteiger charge is -2.08. The average Bonchev–Trinajstić information content (AvgIpc) is 2.46. The van der Waals surface area contributed by atoms with Crippen LogP contribution in [0.5, 0.6) is 0 Å². The summed E-state index contributed by atoms with van der Waals surface area (Å²) in [4.78, 5) is 26.7. The van der Waals surface area contributed by atoms with Gasteiger partial charge in [0.2, 0.25) is 0 Å². The summed E-state index contributed by atoms with van der Waals surface area (Å²) in [5, 5.41) is 18.3. The van der Waals surface area contributed by atoms with E-state index in [4.69, 9.17) is 5.11 Å². The number of carboxylic acids is 1. The smallest absolute Gasteiger partial charge is 0.337 e. The highest BCUT2D eigenvalue weighted by atomic mass is 16.4. The Hall–Kier alpha value is -3.00. The van der Waals surface area contributed by atoms with Crippen molar-refractivity contribution in [2.45, 2.75) is 13.8 Å². The molecule has 0 bridgehead atoms. The van der Waals surface area contributed by atoms with Crippen molar-refractivity contribution < 1.29 is 14.7 Å². The highest BCUT2D eigenvalue weighted by Crippen LogP contribution is 2.24. The van der Waals surface area contributed by atoms with Gasteiger partial charge >= 0.3 is 5.97 Å². The molecule has 0 fully saturated rings. The number of Topliss-reactive ketones (excluding diaryl/α,β-unsaturated/α-hetero) is 1. The van der Waals surface area contributed by atoms with E-state index in [0.717, 1.165) is 0 Å². The molecule has 0 aliphatic carbocycles. The molecule has 5 heteroatoms. The monoisotopic (exact) mass is 280 g/mol. The van der Waals surface area contributed by atoms with Crippen LogP contribution >= 0.6 is 0 Å². The molecule has 0 saturated carbocycles. The Labute approximate surface area is 121 Å². The van der Waals surface area contributed by atoms with Crippen LogP contribution in [0, 0.1) is 18.3 Å². The van der Waals surface area contributed by atoms with Crippen molar-refractivity contribution in [3.05, 3.63) is 52.7 Å². The van der Waals surface area contributed by atoms with Crippen LogP contribution in [0.4, 0.5) is 0 Å². The number of nitrogens with zero attached hydrogens (tertiary/aromatic N) is 2. The third-order valence-corrected chi connectivity index (χ3v) is 3.11. The van der Waals surface area contributed by atoms with E-state index in [0.29, 0.717) is 22.5 Å². The third-order valence-electron chi connectivity index (χ3n) is 3.11. The molecule has 1 N–H and O–H groups in total. The number of ketones is 1. The zero-order valence-corrected chi connectivity index (χ0v) is 11.5. The van der Waals surface area contributed by atoms with Crippen molar-refractivity contribution in [1.82, 2.24) is 4.98 Å². The predicted molar refractivity (Wildman–Crippen MR) is 76.1 cm³/mol. The molecule has 0 aliphatic heterocycles. The summed E-state index contributed by atoms with van der Waals surface area (Å²) in [5.41, 5.74) is 1.99. The van der Waals surface area contributed by atoms with Gasteiger partial charge in [0.05, 0.1) is 22.5 Å². The Morgan fingerprint density at radius 3 is 2.57 bits per heavy atom. The van der Waals surface area contributed by atoms with E-state index in [9.17, 15) is 14.9 Å². The minimum Gasteiger partial charge on any atom is -0.478 e. The molecule has 0 spiro atoms. The van der Waals surface area contributed by atoms with Crippen molar-refractivity contribution in [2.75, 3.05) is 0 Å². The summed E-state index contributed by atoms with van der Waals surface area (Å²) in [7, 11) is 0. The van der Waals surface area contributed by atoms with Crippen molar-refractivity contribution >= 4 is 11.8 Å². The van der Waals surface area contributed by atoms with Gasteiger partial charge < -0.3 is 5.11 Å². The van der Waals surface area contributed by atoms with Gasteiger partial charge in [0.1, 0.15) is 6.07 Å². The zero-order valence-electron chi connectivity index (χ0n) is 11.5. The fourth-order valence-corrected chi connectivity index (χ4v) is 2.01. The Bertz CT molecular complexity index is 789. The number of nitriles is 1. The van der Waals surface area contributed by atoms with Crippen molar-refractivity contribution in [1.29, 1.82) is 5.26 Å². The third kappa shape index (κ3) is 2.79. The second kappa shape index (κ2) is 5.55. The number of carbonyl (C=O) groups is 2. The molecule has 1 aromatic heterocycles. The predicted octanol–water partition coefficient (Wildman–Crippen LogP) is 2.83. The number of benzene rings is 1. The summed E-state index contributed by atoms with van der Waals surface area (Å²) in [6, 6.07) is 10.0. The Morgan fingerprint density at radius 1 is 1.29 bits per heavy atom. The molecule has 0 aliphatic rings. The minimum atomic E-state index is -1.12. The van der Waals surface area contributed by atoms with E-state index in [2.05, 4.69) is 4.98 Å². The Kier molecular flexibility index (Phi) is 3.81. The molecule has 0 saturated heterocycles. The average molecular weight is 280 g/mol. The zero-order chi connectivity index (χ0) is 15.6. The summed E-state index contributed by atoms with van der Waals surface area (Å²) in [6.45, 7) is 3.03. The first kappa shape index (κ1) is 14.4. The van der Waals surface area contributed by atoms with E-state index in [-0.39, 0.29) is 16.9 Å². The Balaban J connectivity index is 2.67. The largest absolute Gasteiger partial charge is 0.478 e. The highest BCUT2D eigenvalue weighted by molar-refractivity contribution is 5.95. The number of carboxylic acid groups (broad SMARTS) is 1. The van der Waals surface area contributed by atoms with Crippen LogP contribution < -0.4 is 0 Å². The molecular formula is C16H12N2O3. The van der Waals surface area contributed by atoms with E-state index in [1.54, 1.807) is 31.2 Å². The van der Waals surface area contributed by atoms with Crippen LogP contribution in [0.3, 0.4) is 0 Å². The van der Waals surface area contributed by atoms with E-state index in [1.807, 2.05) is 6.07 Å². The standard InChI is InChI=1S/C16H12N2O3/c1-9-14(16(20)21)7-13(8-17)15(18-9)12-5-3-4-11(6-12)10(2)19/h3-7H,1-2H3,(H,20,21). The fourth-order valence-electron chi connectivity index (χ4n) is 2.01. The molecule has 0 radical (unpaired) electrons. The molecule has 0 atom stereocenters. The van der Waals surface area contributed by atoms with Crippen molar-refractivity contribution in [3.63, 3.8) is 0 Å². The van der Waals surface area contributed by atoms with Crippen LogP contribution in [0.15, 0.2) is 30.3 Å². The normalized spacial score (nSPS) is 9.95. The van der Waals surface area contributed by atoms with Gasteiger partial charge in [0.15, 0.2) is 5.78 Å². The highest BCUT2D eigenvalue weighted by Gasteiger charge is 2.15. The number of hydrogen-bond acceptors (Lipinski definition) is 4. The molecule has 2 rings (SSSR count). The summed E-state index contributed by atoms with van der Waals surface area (Å²) < 4.78 is 0. The van der Waals surface area contributed by atoms with E-state index < -0.39 is 5.97 Å². The second-order valence-corrected chi connectivity index (χ2v) is 4.57. The maximum atomic E-state index is 11.4. The molecule has 1 heterocycles. The van der Waals surface area contributed by atoms with Crippen LogP contribution in [-0.4, -0.2) is 21.8 Å². The molecule has 104 valence electrons. The summed E-state index contributed by atoms with van der Waals surface area (Å²) in [5.74, 6) is -1.21. The van der Waals surface area contributed by atoms with E-state index in [1.165, 1.54) is 13.0 Å². The number of hydrogen-bond donors (Lipinski definition) is 1. The maximum Gasteiger partial charge on any atom is 0.337 e. The Morgan fingerprint density at radius 2 is 2.00 bits per heavy atom. The number of aryl methyl sites for hydroxylation is 1. The quantitative estimate of drug-likeness (QED) is 0.873. The van der Waals surface area contributed by atoms with Gasteiger partial charge in [0.25, 0.3) is 0 Å². The van der Waals surface area contributed by atoms with Crippen molar-refractivity contribution in [3.8, 4) is 17.3 Å². The number of aromatic nitrogens is 1. The first-order chi connectivity index (χ1) is 9.93. The lowest BCUT2D eigenvalue weighted by Crippen LogP contribution is -2.05. The maximum absolute atomic E-state index is 11.4. The molecule has 0 unspecified atom stereocenters. The SMILES string of the molecule is CC(=O)c1cccc(-c2nc(C)c(C(=O)O)cc2C#N)c1. The van der Waals surface area contributed by atoms with Crippen LogP contribution in [0.1, 0.15) is 38.9 Å². The van der Waals surface area contributed by atoms with Gasteiger partial charge in [-0.15, -0.1) is 0 Å². The molecule has 5 nitrogen and oxygen atoms in total. The molecule has 2 aromatic rings. The molecular weight excluding hydrogens is 268 g/mol. The second-order valence-electron chi connectivity index (χ2n) is 4.57. The topological polar surface area (TPSA) is 91.1 Å². The first-order valence-corrected chi connectivity index (χ1v) is 6.20. The lowest BCUT2D eigenvalue weighted by molar-refractivity contribution is 0.0695.